The number of aromatic amines is 1. The third-order valence-electron chi connectivity index (χ3n) is 1.45. The van der Waals surface area contributed by atoms with Crippen LogP contribution in [0.15, 0.2) is 11.1 Å². The van der Waals surface area contributed by atoms with Crippen molar-refractivity contribution in [3.63, 3.8) is 0 Å². The van der Waals surface area contributed by atoms with Crippen molar-refractivity contribution < 1.29 is 9.53 Å². The van der Waals surface area contributed by atoms with Crippen LogP contribution in [-0.2, 0) is 4.74 Å². The van der Waals surface area contributed by atoms with Crippen LogP contribution >= 0.6 is 12.6 Å². The van der Waals surface area contributed by atoms with Crippen LogP contribution < -0.4 is 11.1 Å². The largest absolute Gasteiger partial charge is 0.444 e. The molecule has 0 atom stereocenters. The molecule has 98 valence electrons. The molecule has 4 N–H and O–H groups in total. The monoisotopic (exact) mass is 259 g/mol. The molecule has 0 unspecified atom stereocenters. The molecule has 1 rings (SSSR count). The molecule has 5 nitrogen and oxygen atoms in total. The number of anilines is 2. The summed E-state index contributed by atoms with van der Waals surface area (Å²) >= 11 is 4.10. The molecular formula is C11H21N3O2S. The van der Waals surface area contributed by atoms with E-state index in [1.54, 1.807) is 26.8 Å². The number of aromatic nitrogens is 1. The maximum atomic E-state index is 11.4. The molecule has 17 heavy (non-hydrogen) atoms. The normalized spacial score (nSPS) is 10.2. The van der Waals surface area contributed by atoms with E-state index in [4.69, 9.17) is 10.5 Å². The molecule has 0 aliphatic rings. The average molecular weight is 259 g/mol. The number of amides is 1. The fraction of sp³-hybridized carbons (Fsp3) is 0.545. The van der Waals surface area contributed by atoms with E-state index in [0.717, 1.165) is 0 Å². The Kier molecular flexibility index (Phi) is 5.95. The predicted octanol–water partition coefficient (Wildman–Crippen LogP) is 3.26. The van der Waals surface area contributed by atoms with E-state index >= 15 is 0 Å². The molecule has 0 saturated heterocycles. The predicted molar refractivity (Wildman–Crippen MR) is 73.7 cm³/mol. The fourth-order valence-electron chi connectivity index (χ4n) is 0.973. The van der Waals surface area contributed by atoms with Gasteiger partial charge in [0.2, 0.25) is 0 Å². The highest BCUT2D eigenvalue weighted by Crippen LogP contribution is 2.22. The number of carbonyl (C=O) groups excluding carboxylic acids is 1. The Labute approximate surface area is 108 Å². The summed E-state index contributed by atoms with van der Waals surface area (Å²) in [5, 5.41) is 3.04. The lowest BCUT2D eigenvalue weighted by molar-refractivity contribution is 0.0635. The summed E-state index contributed by atoms with van der Waals surface area (Å²) in [4.78, 5) is 14.1. The molecule has 1 amide bonds. The number of carbonyl (C=O) groups is 1. The zero-order chi connectivity index (χ0) is 13.6. The van der Waals surface area contributed by atoms with E-state index in [9.17, 15) is 4.79 Å². The van der Waals surface area contributed by atoms with Crippen LogP contribution in [0.1, 0.15) is 34.6 Å². The summed E-state index contributed by atoms with van der Waals surface area (Å²) in [5.74, 6) is 0.436. The third-order valence-corrected chi connectivity index (χ3v) is 1.81. The molecular weight excluding hydrogens is 238 g/mol. The molecule has 0 radical (unpaired) electrons. The van der Waals surface area contributed by atoms with Gasteiger partial charge in [0.1, 0.15) is 11.4 Å². The van der Waals surface area contributed by atoms with Crippen LogP contribution in [0.2, 0.25) is 0 Å². The summed E-state index contributed by atoms with van der Waals surface area (Å²) < 4.78 is 5.07. The highest BCUT2D eigenvalue weighted by atomic mass is 32.1. The third kappa shape index (κ3) is 6.11. The van der Waals surface area contributed by atoms with Crippen LogP contribution in [-0.4, -0.2) is 16.7 Å². The van der Waals surface area contributed by atoms with Crippen LogP contribution in [0.5, 0.6) is 0 Å². The summed E-state index contributed by atoms with van der Waals surface area (Å²) in [6.45, 7) is 9.37. The highest BCUT2D eigenvalue weighted by Gasteiger charge is 2.17. The Morgan fingerprint density at radius 2 is 2.00 bits per heavy atom. The molecule has 0 aliphatic heterocycles. The second-order valence-corrected chi connectivity index (χ2v) is 4.56. The van der Waals surface area contributed by atoms with Gasteiger partial charge in [0.15, 0.2) is 0 Å². The molecule has 0 bridgehead atoms. The molecule has 0 spiro atoms. The smallest absolute Gasteiger partial charge is 0.412 e. The first-order valence-electron chi connectivity index (χ1n) is 5.45. The lowest BCUT2D eigenvalue weighted by Gasteiger charge is -2.19. The molecule has 0 aliphatic carbocycles. The average Bonchev–Trinajstić information content (AvgIpc) is 2.45. The quantitative estimate of drug-likeness (QED) is 0.584. The van der Waals surface area contributed by atoms with Gasteiger partial charge in [0.05, 0.1) is 10.7 Å². The first kappa shape index (κ1) is 15.7. The van der Waals surface area contributed by atoms with Crippen molar-refractivity contribution in [2.24, 2.45) is 0 Å². The topological polar surface area (TPSA) is 80.1 Å². The van der Waals surface area contributed by atoms with Crippen LogP contribution in [0.4, 0.5) is 16.3 Å². The van der Waals surface area contributed by atoms with E-state index < -0.39 is 11.7 Å². The number of nitrogens with one attached hydrogen (secondary N) is 2. The van der Waals surface area contributed by atoms with Crippen molar-refractivity contribution in [2.45, 2.75) is 45.2 Å². The van der Waals surface area contributed by atoms with Gasteiger partial charge in [0.25, 0.3) is 0 Å². The minimum absolute atomic E-state index is 0.436. The van der Waals surface area contributed by atoms with Gasteiger partial charge in [-0.1, -0.05) is 13.8 Å². The number of ether oxygens (including phenoxy) is 1. The van der Waals surface area contributed by atoms with E-state index in [1.807, 2.05) is 13.8 Å². The SMILES string of the molecule is CC.CC(C)(C)OC(=O)Nc1cc(N)[nH]c1S. The zero-order valence-electron chi connectivity index (χ0n) is 10.9. The summed E-state index contributed by atoms with van der Waals surface area (Å²) in [6, 6.07) is 1.58. The van der Waals surface area contributed by atoms with E-state index in [2.05, 4.69) is 22.9 Å². The van der Waals surface area contributed by atoms with Crippen LogP contribution in [0.3, 0.4) is 0 Å². The van der Waals surface area contributed by atoms with Crippen molar-refractivity contribution in [1.29, 1.82) is 0 Å². The van der Waals surface area contributed by atoms with Gasteiger partial charge in [-0.3, -0.25) is 5.32 Å². The second-order valence-electron chi connectivity index (χ2n) is 4.11. The maximum Gasteiger partial charge on any atom is 0.412 e. The first-order valence-corrected chi connectivity index (χ1v) is 5.90. The van der Waals surface area contributed by atoms with Crippen LogP contribution in [0, 0.1) is 0 Å². The molecule has 0 saturated carbocycles. The Bertz CT molecular complexity index is 369. The number of hydrogen-bond donors (Lipinski definition) is 4. The molecule has 1 aromatic heterocycles. The molecule has 1 aromatic rings. The molecule has 0 fully saturated rings. The van der Waals surface area contributed by atoms with Crippen molar-refractivity contribution in [3.05, 3.63) is 6.07 Å². The second kappa shape index (κ2) is 6.44. The number of thiol groups is 1. The Morgan fingerprint density at radius 3 is 2.35 bits per heavy atom. The van der Waals surface area contributed by atoms with Gasteiger partial charge in [-0.25, -0.2) is 4.79 Å². The molecule has 1 heterocycles. The molecule has 6 heteroatoms. The molecule has 0 aromatic carbocycles. The summed E-state index contributed by atoms with van der Waals surface area (Å²) in [6.07, 6.45) is -0.531. The number of H-pyrrole nitrogens is 1. The number of nitrogen functional groups attached to an aromatic ring is 1. The van der Waals surface area contributed by atoms with Gasteiger partial charge in [0, 0.05) is 6.07 Å². The van der Waals surface area contributed by atoms with Crippen molar-refractivity contribution in [1.82, 2.24) is 4.98 Å². The number of hydrogen-bond acceptors (Lipinski definition) is 4. The van der Waals surface area contributed by atoms with Crippen molar-refractivity contribution in [2.75, 3.05) is 11.1 Å². The van der Waals surface area contributed by atoms with Crippen molar-refractivity contribution >= 4 is 30.2 Å². The summed E-state index contributed by atoms with van der Waals surface area (Å²) in [7, 11) is 0. The minimum Gasteiger partial charge on any atom is -0.444 e. The van der Waals surface area contributed by atoms with Gasteiger partial charge in [-0.15, -0.1) is 12.6 Å². The Balaban J connectivity index is 0.00000121. The van der Waals surface area contributed by atoms with E-state index in [-0.39, 0.29) is 0 Å². The highest BCUT2D eigenvalue weighted by molar-refractivity contribution is 7.80. The minimum atomic E-state index is -0.531. The maximum absolute atomic E-state index is 11.4. The van der Waals surface area contributed by atoms with E-state index in [1.165, 1.54) is 0 Å². The standard InChI is InChI=1S/C9H15N3O2S.C2H6/c1-9(2,3)14-8(13)11-5-4-6(10)12-7(5)15;1-2/h4,12,15H,10H2,1-3H3,(H,11,13);1-2H3. The zero-order valence-corrected chi connectivity index (χ0v) is 11.8. The Hall–Kier alpha value is -1.30. The van der Waals surface area contributed by atoms with Gasteiger partial charge < -0.3 is 15.5 Å². The van der Waals surface area contributed by atoms with Crippen LogP contribution in [0.25, 0.3) is 0 Å². The Morgan fingerprint density at radius 1 is 1.47 bits per heavy atom. The van der Waals surface area contributed by atoms with Gasteiger partial charge in [-0.05, 0) is 20.8 Å². The van der Waals surface area contributed by atoms with Gasteiger partial charge >= 0.3 is 6.09 Å². The van der Waals surface area contributed by atoms with Gasteiger partial charge in [-0.2, -0.15) is 0 Å². The first-order chi connectivity index (χ1) is 7.78. The number of nitrogens with two attached hydrogens (primary N) is 1. The summed E-state index contributed by atoms with van der Waals surface area (Å²) in [5.41, 5.74) is 5.47. The van der Waals surface area contributed by atoms with E-state index in [0.29, 0.717) is 16.5 Å². The number of rotatable bonds is 1. The lowest BCUT2D eigenvalue weighted by atomic mass is 10.2. The lowest BCUT2D eigenvalue weighted by Crippen LogP contribution is -2.27. The fourth-order valence-corrected chi connectivity index (χ4v) is 1.22. The van der Waals surface area contributed by atoms with Crippen molar-refractivity contribution in [3.8, 4) is 0 Å².